The van der Waals surface area contributed by atoms with E-state index in [2.05, 4.69) is 42.5 Å². The molecule has 0 spiro atoms. The van der Waals surface area contributed by atoms with Crippen molar-refractivity contribution in [1.29, 1.82) is 0 Å². The van der Waals surface area contributed by atoms with Crippen LogP contribution in [0.15, 0.2) is 0 Å². The fourth-order valence-corrected chi connectivity index (χ4v) is 9.52. The minimum absolute atomic E-state index is 0.0336. The molecule has 1 saturated heterocycles. The summed E-state index contributed by atoms with van der Waals surface area (Å²) in [7, 11) is 0. The number of aliphatic hydroxyl groups excluding tert-OH is 1. The van der Waals surface area contributed by atoms with Gasteiger partial charge in [0.2, 0.25) is 59.1 Å². The van der Waals surface area contributed by atoms with Crippen LogP contribution in [0.25, 0.3) is 0 Å². The Morgan fingerprint density at radius 2 is 0.716 bits per heavy atom. The number of primary amides is 2. The molecule has 2 atom stereocenters. The summed E-state index contributed by atoms with van der Waals surface area (Å²) >= 11 is 0. The Balaban J connectivity index is 2.25. The largest absolute Gasteiger partial charge is 0.480 e. The maximum atomic E-state index is 13.2. The molecule has 102 heavy (non-hydrogen) atoms. The van der Waals surface area contributed by atoms with Gasteiger partial charge in [-0.1, -0.05) is 19.8 Å². The molecule has 0 radical (unpaired) electrons. The fourth-order valence-electron chi connectivity index (χ4n) is 9.52. The molecular weight excluding hydrogens is 1350 g/mol. The number of ether oxygens (including phenoxy) is 8. The van der Waals surface area contributed by atoms with Crippen molar-refractivity contribution in [3.05, 3.63) is 0 Å². The Hall–Kier alpha value is -6.92. The van der Waals surface area contributed by atoms with E-state index in [4.69, 9.17) is 49.4 Å². The Kier molecular flexibility index (Phi) is 57.2. The highest BCUT2D eigenvalue weighted by molar-refractivity contribution is 5.88. The monoisotopic (exact) mass is 1470 g/mol. The number of carboxylic acids is 2. The third kappa shape index (κ3) is 58.6. The van der Waals surface area contributed by atoms with Gasteiger partial charge in [0.1, 0.15) is 32.5 Å². The van der Waals surface area contributed by atoms with Gasteiger partial charge in [0.15, 0.2) is 6.29 Å². The number of hydrogen-bond acceptors (Lipinski definition) is 26. The quantitative estimate of drug-likeness (QED) is 0.0199. The second-order valence-electron chi connectivity index (χ2n) is 24.0. The van der Waals surface area contributed by atoms with Crippen molar-refractivity contribution in [2.75, 3.05) is 230 Å². The lowest BCUT2D eigenvalue weighted by molar-refractivity contribution is -0.139. The zero-order chi connectivity index (χ0) is 75.2. The van der Waals surface area contributed by atoms with E-state index in [0.29, 0.717) is 123 Å². The Morgan fingerprint density at radius 3 is 1.14 bits per heavy atom. The van der Waals surface area contributed by atoms with Crippen LogP contribution in [0.5, 0.6) is 0 Å². The van der Waals surface area contributed by atoms with Gasteiger partial charge >= 0.3 is 11.9 Å². The first-order valence-corrected chi connectivity index (χ1v) is 35.1. The van der Waals surface area contributed by atoms with Gasteiger partial charge < -0.3 is 112 Å². The molecule has 0 aromatic rings. The summed E-state index contributed by atoms with van der Waals surface area (Å²) in [5.74, 6) is -5.84. The van der Waals surface area contributed by atoms with Crippen molar-refractivity contribution in [3.63, 3.8) is 0 Å². The molecule has 38 nitrogen and oxygen atoms in total. The van der Waals surface area contributed by atoms with Gasteiger partial charge in [-0.3, -0.25) is 77.1 Å². The Bertz CT molecular complexity index is 2340. The lowest BCUT2D eigenvalue weighted by Gasteiger charge is -2.33. The van der Waals surface area contributed by atoms with Gasteiger partial charge in [0, 0.05) is 130 Å². The molecule has 1 heterocycles. The summed E-state index contributed by atoms with van der Waals surface area (Å²) in [6.45, 7) is 6.52. The van der Waals surface area contributed by atoms with Gasteiger partial charge in [-0.05, 0) is 51.4 Å². The first-order valence-electron chi connectivity index (χ1n) is 35.1. The van der Waals surface area contributed by atoms with Crippen molar-refractivity contribution in [1.82, 2.24) is 62.1 Å². The number of carbonyl (C=O) groups is 12. The number of aliphatic carboxylic acids is 2. The van der Waals surface area contributed by atoms with E-state index in [1.807, 2.05) is 4.90 Å². The predicted molar refractivity (Wildman–Crippen MR) is 366 cm³/mol. The molecule has 1 fully saturated rings. The summed E-state index contributed by atoms with van der Waals surface area (Å²) < 4.78 is 43.2. The molecular formula is C64H118N14O24. The number of unbranched alkanes of at least 4 members (excludes halogenated alkanes) is 4. The fraction of sp³-hybridized carbons (Fsp3) is 0.812. The van der Waals surface area contributed by atoms with Crippen LogP contribution in [0.2, 0.25) is 0 Å². The van der Waals surface area contributed by atoms with E-state index < -0.39 is 47.9 Å². The number of amides is 10. The van der Waals surface area contributed by atoms with Crippen molar-refractivity contribution >= 4 is 71.0 Å². The van der Waals surface area contributed by atoms with Crippen LogP contribution in [0.1, 0.15) is 90.4 Å². The van der Waals surface area contributed by atoms with E-state index in [0.717, 1.165) is 12.8 Å². The number of aliphatic hydroxyl groups is 2. The normalized spacial score (nSPS) is 14.1. The molecule has 1 aliphatic heterocycles. The Labute approximate surface area is 597 Å². The van der Waals surface area contributed by atoms with Crippen LogP contribution in [0.3, 0.4) is 0 Å². The van der Waals surface area contributed by atoms with Crippen molar-refractivity contribution < 1.29 is 116 Å². The van der Waals surface area contributed by atoms with Gasteiger partial charge in [-0.25, -0.2) is 0 Å². The average molecular weight is 1470 g/mol. The maximum Gasteiger partial charge on any atom is 0.317 e. The van der Waals surface area contributed by atoms with Crippen molar-refractivity contribution in [2.24, 2.45) is 17.4 Å². The minimum atomic E-state index is -1.62. The highest BCUT2D eigenvalue weighted by Crippen LogP contribution is 2.08. The van der Waals surface area contributed by atoms with Crippen LogP contribution in [0, 0.1) is 5.92 Å². The smallest absolute Gasteiger partial charge is 0.317 e. The second-order valence-corrected chi connectivity index (χ2v) is 24.0. The zero-order valence-corrected chi connectivity index (χ0v) is 59.6. The van der Waals surface area contributed by atoms with Gasteiger partial charge in [0.25, 0.3) is 0 Å². The van der Waals surface area contributed by atoms with Crippen LogP contribution in [-0.4, -0.2) is 353 Å². The lowest BCUT2D eigenvalue weighted by atomic mass is 10.0. The van der Waals surface area contributed by atoms with E-state index in [-0.39, 0.29) is 219 Å². The highest BCUT2D eigenvalue weighted by Gasteiger charge is 2.23. The molecule has 588 valence electrons. The average Bonchev–Trinajstić information content (AvgIpc) is 0.928. The van der Waals surface area contributed by atoms with E-state index in [1.165, 1.54) is 0 Å². The summed E-state index contributed by atoms with van der Waals surface area (Å²) in [6.07, 6.45) is 4.51. The van der Waals surface area contributed by atoms with Crippen LogP contribution in [-0.2, 0) is 95.4 Å². The number of nitrogens with two attached hydrogens (primary N) is 2. The number of nitrogens with one attached hydrogen (secondary N) is 8. The van der Waals surface area contributed by atoms with Gasteiger partial charge in [-0.15, -0.1) is 0 Å². The van der Waals surface area contributed by atoms with Crippen molar-refractivity contribution in [3.8, 4) is 0 Å². The van der Waals surface area contributed by atoms with E-state index in [9.17, 15) is 78.0 Å². The number of rotatable bonds is 63. The molecule has 0 saturated carbocycles. The molecule has 1 rings (SSSR count). The summed E-state index contributed by atoms with van der Waals surface area (Å²) in [5.41, 5.74) is 10.5. The topological polar surface area (TPSA) is 521 Å². The first kappa shape index (κ1) is 93.1. The number of β-amino-alcohol motifs (C(OH)–C–C–N with tert-alkyl or cyclic N) is 2. The second kappa shape index (κ2) is 62.6. The third-order valence-electron chi connectivity index (χ3n) is 15.1. The highest BCUT2D eigenvalue weighted by atomic mass is 16.5. The molecule has 38 heteroatoms. The molecule has 16 N–H and O–H groups in total. The predicted octanol–water partition coefficient (Wildman–Crippen LogP) is -6.20. The van der Waals surface area contributed by atoms with E-state index >= 15 is 0 Å². The van der Waals surface area contributed by atoms with Crippen LogP contribution < -0.4 is 54.0 Å². The minimum Gasteiger partial charge on any atom is -0.480 e. The maximum absolute atomic E-state index is 13.2. The summed E-state index contributed by atoms with van der Waals surface area (Å²) in [4.78, 5) is 152. The zero-order valence-electron chi connectivity index (χ0n) is 59.6. The number of carboxylic acid groups (broad SMARTS) is 2. The molecule has 0 aromatic heterocycles. The van der Waals surface area contributed by atoms with E-state index in [1.54, 1.807) is 21.6 Å². The molecule has 1 aliphatic rings. The number of carbonyl (C=O) groups excluding carboxylic acids is 10. The van der Waals surface area contributed by atoms with Crippen LogP contribution in [0.4, 0.5) is 0 Å². The molecule has 0 bridgehead atoms. The SMILES string of the molecule is C[C@@H](CCCCNC(=O)[C@H](CCCCNC(=O)CCCC(=O)NCCOCCOCC(=O)NCCOCCOCC(=O)NCCCCCC(N)=O)NC(=O)COCCOCCNC(=O)COCCOCCNC(=O)CN1CCN(CC(=O)O)CCN(CC(O)O)CCN(CC(=O)O)CC1)C(N)=O. The molecule has 10 amide bonds. The van der Waals surface area contributed by atoms with Crippen LogP contribution >= 0.6 is 0 Å². The standard InChI is InChI=1S/C64H118N14O24/c1-50(63(66)93)10-4-7-17-73-64(94)51(11-5-8-16-67-53(80)13-9-14-54(81)69-18-30-95-34-39-100-47-57(84)71-20-32-97-36-38-99-46-56(83)68-15-6-2-3-12-52(65)79)74-59(86)49-102-41-37-98-33-21-72-58(85)48-101-40-35-96-31-19-70-55(82)42-75-22-24-76(43-60(87)88)26-28-78(45-62(91)92)29-27-77(25-23-75)44-61(89)90/h50-51,62,91-92H,2-49H2,1H3,(H2,65,79)(H2,66,93)(H,67,80)(H,68,83)(H,69,81)(H,70,82)(H,71,84)(H,72,85)(H,73,94)(H,74,86)(H,87,88)(H,89,90)/t50-,51-/m0/s1. The number of nitrogens with zero attached hydrogens (tertiary/aromatic N) is 4. The number of hydrogen-bond donors (Lipinski definition) is 14. The third-order valence-corrected chi connectivity index (χ3v) is 15.1. The molecule has 0 unspecified atom stereocenters. The molecule has 0 aromatic carbocycles. The summed E-state index contributed by atoms with van der Waals surface area (Å²) in [6, 6.07) is -0.901. The summed E-state index contributed by atoms with van der Waals surface area (Å²) in [5, 5.41) is 59.9. The van der Waals surface area contributed by atoms with Gasteiger partial charge in [-0.2, -0.15) is 0 Å². The Morgan fingerprint density at radius 1 is 0.363 bits per heavy atom. The van der Waals surface area contributed by atoms with Crippen molar-refractivity contribution in [2.45, 2.75) is 103 Å². The van der Waals surface area contributed by atoms with Gasteiger partial charge in [0.05, 0.1) is 98.9 Å². The lowest BCUT2D eigenvalue weighted by Crippen LogP contribution is -2.50. The molecule has 0 aliphatic carbocycles. The first-order chi connectivity index (χ1) is 49.0.